The Bertz CT molecular complexity index is 335. The van der Waals surface area contributed by atoms with Gasteiger partial charge in [-0.25, -0.2) is 0 Å². The van der Waals surface area contributed by atoms with Crippen LogP contribution in [0.4, 0.5) is 0 Å². The van der Waals surface area contributed by atoms with E-state index in [1.54, 1.807) is 0 Å². The van der Waals surface area contributed by atoms with Gasteiger partial charge in [-0.3, -0.25) is 0 Å². The van der Waals surface area contributed by atoms with Gasteiger partial charge in [-0.05, 0) is 32.4 Å². The first-order valence-electron chi connectivity index (χ1n) is 6.06. The summed E-state index contributed by atoms with van der Waals surface area (Å²) in [5.74, 6) is 0. The molecule has 1 aromatic carbocycles. The second-order valence-corrected chi connectivity index (χ2v) is 5.01. The summed E-state index contributed by atoms with van der Waals surface area (Å²) in [6.45, 7) is 2.38. The molecule has 2 heteroatoms. The predicted molar refractivity (Wildman–Crippen MR) is 66.3 cm³/mol. The molecule has 16 heavy (non-hydrogen) atoms. The first-order chi connectivity index (χ1) is 7.72. The zero-order valence-electron chi connectivity index (χ0n) is 10.2. The van der Waals surface area contributed by atoms with Gasteiger partial charge >= 0.3 is 0 Å². The molecule has 0 aliphatic heterocycles. The van der Waals surface area contributed by atoms with Gasteiger partial charge in [0, 0.05) is 11.5 Å². The Morgan fingerprint density at radius 2 is 1.94 bits per heavy atom. The summed E-state index contributed by atoms with van der Waals surface area (Å²) >= 11 is 0. The van der Waals surface area contributed by atoms with Crippen LogP contribution in [0.25, 0.3) is 0 Å². The zero-order valence-corrected chi connectivity index (χ0v) is 10.2. The SMILES string of the molecule is CNC(c1ccc(C)cc1)C1(CO)CCC1. The summed E-state index contributed by atoms with van der Waals surface area (Å²) in [4.78, 5) is 0. The highest BCUT2D eigenvalue weighted by atomic mass is 16.3. The highest BCUT2D eigenvalue weighted by Crippen LogP contribution is 2.49. The van der Waals surface area contributed by atoms with Crippen molar-refractivity contribution in [2.24, 2.45) is 5.41 Å². The van der Waals surface area contributed by atoms with Gasteiger partial charge in [-0.2, -0.15) is 0 Å². The van der Waals surface area contributed by atoms with Gasteiger partial charge < -0.3 is 10.4 Å². The minimum absolute atomic E-state index is 0.0734. The van der Waals surface area contributed by atoms with Crippen molar-refractivity contribution in [2.75, 3.05) is 13.7 Å². The van der Waals surface area contributed by atoms with Crippen LogP contribution in [0.5, 0.6) is 0 Å². The van der Waals surface area contributed by atoms with Crippen molar-refractivity contribution >= 4 is 0 Å². The maximum atomic E-state index is 9.61. The molecule has 0 bridgehead atoms. The van der Waals surface area contributed by atoms with Crippen LogP contribution in [0.3, 0.4) is 0 Å². The fourth-order valence-electron chi connectivity index (χ4n) is 2.75. The van der Waals surface area contributed by atoms with Gasteiger partial charge in [0.15, 0.2) is 0 Å². The van der Waals surface area contributed by atoms with Crippen LogP contribution in [0.2, 0.25) is 0 Å². The van der Waals surface area contributed by atoms with E-state index in [1.165, 1.54) is 17.5 Å². The standard InChI is InChI=1S/C14H21NO/c1-11-4-6-12(7-5-11)13(15-2)14(10-16)8-3-9-14/h4-7,13,15-16H,3,8-10H2,1-2H3. The molecule has 2 N–H and O–H groups in total. The second kappa shape index (κ2) is 4.56. The quantitative estimate of drug-likeness (QED) is 0.815. The lowest BCUT2D eigenvalue weighted by Gasteiger charge is -2.46. The van der Waals surface area contributed by atoms with E-state index in [0.717, 1.165) is 12.8 Å². The number of hydrogen-bond acceptors (Lipinski definition) is 2. The third-order valence-electron chi connectivity index (χ3n) is 3.98. The second-order valence-electron chi connectivity index (χ2n) is 5.01. The Morgan fingerprint density at radius 1 is 1.31 bits per heavy atom. The fourth-order valence-corrected chi connectivity index (χ4v) is 2.75. The third-order valence-corrected chi connectivity index (χ3v) is 3.98. The molecule has 1 aliphatic carbocycles. The Kier molecular flexibility index (Phi) is 3.31. The summed E-state index contributed by atoms with van der Waals surface area (Å²) in [5.41, 5.74) is 2.65. The molecule has 1 aliphatic rings. The average Bonchev–Trinajstić information content (AvgIpc) is 2.25. The molecule has 2 rings (SSSR count). The topological polar surface area (TPSA) is 32.3 Å². The van der Waals surface area contributed by atoms with Crippen LogP contribution < -0.4 is 5.32 Å². The Labute approximate surface area is 97.7 Å². The largest absolute Gasteiger partial charge is 0.396 e. The molecular formula is C14H21NO. The molecule has 0 radical (unpaired) electrons. The van der Waals surface area contributed by atoms with Crippen molar-refractivity contribution < 1.29 is 5.11 Å². The van der Waals surface area contributed by atoms with Crippen molar-refractivity contribution in [1.29, 1.82) is 0 Å². The number of benzene rings is 1. The van der Waals surface area contributed by atoms with E-state index in [9.17, 15) is 5.11 Å². The molecule has 1 unspecified atom stereocenters. The van der Waals surface area contributed by atoms with Gasteiger partial charge in [0.2, 0.25) is 0 Å². The minimum atomic E-state index is 0.0734. The number of aliphatic hydroxyl groups excluding tert-OH is 1. The summed E-state index contributed by atoms with van der Waals surface area (Å²) in [6, 6.07) is 8.91. The number of aryl methyl sites for hydroxylation is 1. The van der Waals surface area contributed by atoms with Crippen molar-refractivity contribution in [1.82, 2.24) is 5.32 Å². The first kappa shape index (κ1) is 11.6. The molecule has 1 atom stereocenters. The number of nitrogens with one attached hydrogen (secondary N) is 1. The van der Waals surface area contributed by atoms with Crippen molar-refractivity contribution in [3.05, 3.63) is 35.4 Å². The van der Waals surface area contributed by atoms with E-state index in [0.29, 0.717) is 0 Å². The molecule has 0 heterocycles. The molecule has 1 fully saturated rings. The van der Waals surface area contributed by atoms with Crippen molar-refractivity contribution in [3.8, 4) is 0 Å². The van der Waals surface area contributed by atoms with Crippen LogP contribution in [0, 0.1) is 12.3 Å². The monoisotopic (exact) mass is 219 g/mol. The lowest BCUT2D eigenvalue weighted by Crippen LogP contribution is -2.44. The Morgan fingerprint density at radius 3 is 2.31 bits per heavy atom. The molecule has 0 spiro atoms. The molecule has 0 aromatic heterocycles. The molecule has 88 valence electrons. The van der Waals surface area contributed by atoms with E-state index >= 15 is 0 Å². The van der Waals surface area contributed by atoms with E-state index in [-0.39, 0.29) is 18.1 Å². The van der Waals surface area contributed by atoms with E-state index < -0.39 is 0 Å². The molecule has 2 nitrogen and oxygen atoms in total. The van der Waals surface area contributed by atoms with E-state index in [4.69, 9.17) is 0 Å². The molecule has 1 aromatic rings. The average molecular weight is 219 g/mol. The van der Waals surface area contributed by atoms with Gasteiger partial charge in [0.1, 0.15) is 0 Å². The predicted octanol–water partition coefficient (Wildman–Crippen LogP) is 2.42. The highest BCUT2D eigenvalue weighted by molar-refractivity contribution is 5.26. The van der Waals surface area contributed by atoms with Gasteiger partial charge in [-0.1, -0.05) is 36.2 Å². The van der Waals surface area contributed by atoms with Gasteiger partial charge in [0.05, 0.1) is 6.61 Å². The molecule has 0 amide bonds. The van der Waals surface area contributed by atoms with Crippen LogP contribution in [0.1, 0.15) is 36.4 Å². The number of rotatable bonds is 4. The van der Waals surface area contributed by atoms with Crippen LogP contribution in [-0.2, 0) is 0 Å². The summed E-state index contributed by atoms with van der Waals surface area (Å²) < 4.78 is 0. The zero-order chi connectivity index (χ0) is 11.6. The van der Waals surface area contributed by atoms with Gasteiger partial charge in [-0.15, -0.1) is 0 Å². The maximum Gasteiger partial charge on any atom is 0.0505 e. The highest BCUT2D eigenvalue weighted by Gasteiger charge is 2.43. The van der Waals surface area contributed by atoms with Crippen molar-refractivity contribution in [3.63, 3.8) is 0 Å². The summed E-state index contributed by atoms with van der Waals surface area (Å²) in [6.07, 6.45) is 3.50. The van der Waals surface area contributed by atoms with Crippen LogP contribution in [-0.4, -0.2) is 18.8 Å². The van der Waals surface area contributed by atoms with Crippen LogP contribution >= 0.6 is 0 Å². The van der Waals surface area contributed by atoms with Crippen molar-refractivity contribution in [2.45, 2.75) is 32.2 Å². The Balaban J connectivity index is 2.25. The lowest BCUT2D eigenvalue weighted by molar-refractivity contribution is 0.00783. The minimum Gasteiger partial charge on any atom is -0.396 e. The van der Waals surface area contributed by atoms with E-state index in [1.807, 2.05) is 7.05 Å². The summed E-state index contributed by atoms with van der Waals surface area (Å²) in [5, 5.41) is 13.0. The molecule has 0 saturated heterocycles. The normalized spacial score (nSPS) is 20.2. The lowest BCUT2D eigenvalue weighted by atomic mass is 9.63. The van der Waals surface area contributed by atoms with Gasteiger partial charge in [0.25, 0.3) is 0 Å². The maximum absolute atomic E-state index is 9.61. The molecular weight excluding hydrogens is 198 g/mol. The Hall–Kier alpha value is -0.860. The molecule has 1 saturated carbocycles. The number of aliphatic hydroxyl groups is 1. The first-order valence-corrected chi connectivity index (χ1v) is 6.06. The fraction of sp³-hybridized carbons (Fsp3) is 0.571. The summed E-state index contributed by atoms with van der Waals surface area (Å²) in [7, 11) is 1.99. The smallest absolute Gasteiger partial charge is 0.0505 e. The van der Waals surface area contributed by atoms with E-state index in [2.05, 4.69) is 36.5 Å². The van der Waals surface area contributed by atoms with Crippen LogP contribution in [0.15, 0.2) is 24.3 Å². The third kappa shape index (κ3) is 1.87. The number of hydrogen-bond donors (Lipinski definition) is 2.